The quantitative estimate of drug-likeness (QED) is 0.816. The van der Waals surface area contributed by atoms with Crippen LogP contribution in [0, 0.1) is 0 Å². The molecule has 1 aromatic heterocycles. The molecule has 5 nitrogen and oxygen atoms in total. The van der Waals surface area contributed by atoms with Crippen LogP contribution in [0.1, 0.15) is 58.7 Å². The number of ether oxygens (including phenoxy) is 1. The van der Waals surface area contributed by atoms with Crippen molar-refractivity contribution >= 4 is 11.6 Å². The minimum Gasteiger partial charge on any atom is -0.384 e. The minimum absolute atomic E-state index is 0.107. The number of hydrogen-bond donors (Lipinski definition) is 2. The lowest BCUT2D eigenvalue weighted by Gasteiger charge is -2.22. The van der Waals surface area contributed by atoms with Crippen LogP contribution < -0.4 is 11.1 Å². The molecule has 0 spiro atoms. The molecule has 0 aromatic carbocycles. The van der Waals surface area contributed by atoms with Crippen LogP contribution in [0.25, 0.3) is 0 Å². The molecule has 5 heteroatoms. The first-order chi connectivity index (χ1) is 9.95. The van der Waals surface area contributed by atoms with E-state index in [0.717, 1.165) is 18.2 Å². The van der Waals surface area contributed by atoms with Crippen molar-refractivity contribution in [1.82, 2.24) is 9.97 Å². The Morgan fingerprint density at radius 2 is 1.95 bits per heavy atom. The molecule has 1 fully saturated rings. The van der Waals surface area contributed by atoms with Gasteiger partial charge < -0.3 is 15.8 Å². The molecule has 0 unspecified atom stereocenters. The van der Waals surface area contributed by atoms with E-state index in [4.69, 9.17) is 10.5 Å². The van der Waals surface area contributed by atoms with Gasteiger partial charge in [-0.2, -0.15) is 0 Å². The fraction of sp³-hybridized carbons (Fsp3) is 0.750. The smallest absolute Gasteiger partial charge is 0.138 e. The van der Waals surface area contributed by atoms with Gasteiger partial charge in [-0.3, -0.25) is 0 Å². The fourth-order valence-electron chi connectivity index (χ4n) is 2.53. The van der Waals surface area contributed by atoms with E-state index in [1.807, 2.05) is 0 Å². The number of aromatic nitrogens is 2. The molecule has 0 amide bonds. The second kappa shape index (κ2) is 7.07. The first kappa shape index (κ1) is 16.0. The summed E-state index contributed by atoms with van der Waals surface area (Å²) in [4.78, 5) is 8.83. The molecular weight excluding hydrogens is 264 g/mol. The summed E-state index contributed by atoms with van der Waals surface area (Å²) in [7, 11) is 0. The highest BCUT2D eigenvalue weighted by molar-refractivity contribution is 5.45. The average molecular weight is 292 g/mol. The van der Waals surface area contributed by atoms with E-state index in [2.05, 4.69) is 36.1 Å². The van der Waals surface area contributed by atoms with Gasteiger partial charge in [0, 0.05) is 18.0 Å². The Kier molecular flexibility index (Phi) is 5.39. The second-order valence-corrected chi connectivity index (χ2v) is 6.81. The van der Waals surface area contributed by atoms with E-state index < -0.39 is 0 Å². The second-order valence-electron chi connectivity index (χ2n) is 6.81. The molecule has 0 bridgehead atoms. The minimum atomic E-state index is -0.107. The zero-order valence-electron chi connectivity index (χ0n) is 13.5. The molecule has 21 heavy (non-hydrogen) atoms. The summed E-state index contributed by atoms with van der Waals surface area (Å²) in [5, 5.41) is 3.28. The predicted octanol–water partition coefficient (Wildman–Crippen LogP) is 3.12. The van der Waals surface area contributed by atoms with Gasteiger partial charge in [-0.25, -0.2) is 9.97 Å². The Morgan fingerprint density at radius 1 is 1.24 bits per heavy atom. The predicted molar refractivity (Wildman–Crippen MR) is 86.5 cm³/mol. The molecule has 1 aliphatic rings. The lowest BCUT2D eigenvalue weighted by Crippen LogP contribution is -2.22. The summed E-state index contributed by atoms with van der Waals surface area (Å²) in [5.41, 5.74) is 5.75. The van der Waals surface area contributed by atoms with Gasteiger partial charge in [0.05, 0.1) is 12.7 Å². The number of nitrogen functional groups attached to an aromatic ring is 1. The number of nitrogens with zero attached hydrogens (tertiary/aromatic N) is 2. The average Bonchev–Trinajstić information content (AvgIpc) is 2.43. The number of rotatable bonds is 5. The van der Waals surface area contributed by atoms with Gasteiger partial charge >= 0.3 is 0 Å². The van der Waals surface area contributed by atoms with E-state index in [1.165, 1.54) is 32.1 Å². The fourth-order valence-corrected chi connectivity index (χ4v) is 2.53. The Labute approximate surface area is 127 Å². The maximum absolute atomic E-state index is 5.90. The first-order valence-corrected chi connectivity index (χ1v) is 7.95. The largest absolute Gasteiger partial charge is 0.384 e. The first-order valence-electron chi connectivity index (χ1n) is 7.95. The molecule has 0 atom stereocenters. The molecule has 1 saturated carbocycles. The van der Waals surface area contributed by atoms with Crippen molar-refractivity contribution in [2.24, 2.45) is 0 Å². The maximum Gasteiger partial charge on any atom is 0.138 e. The molecule has 1 aliphatic carbocycles. The van der Waals surface area contributed by atoms with Gasteiger partial charge in [0.25, 0.3) is 0 Å². The van der Waals surface area contributed by atoms with E-state index >= 15 is 0 Å². The number of anilines is 2. The summed E-state index contributed by atoms with van der Waals surface area (Å²) in [6, 6.07) is 1.77. The third-order valence-electron chi connectivity index (χ3n) is 3.73. The van der Waals surface area contributed by atoms with Crippen LogP contribution in [0.2, 0.25) is 0 Å². The third kappa shape index (κ3) is 5.16. The molecule has 1 aromatic rings. The van der Waals surface area contributed by atoms with E-state index in [1.54, 1.807) is 6.07 Å². The van der Waals surface area contributed by atoms with E-state index in [-0.39, 0.29) is 5.41 Å². The van der Waals surface area contributed by atoms with Gasteiger partial charge in [-0.1, -0.05) is 40.0 Å². The topological polar surface area (TPSA) is 73.1 Å². The van der Waals surface area contributed by atoms with Crippen LogP contribution in [-0.4, -0.2) is 29.2 Å². The summed E-state index contributed by atoms with van der Waals surface area (Å²) in [6.07, 6.45) is 6.81. The van der Waals surface area contributed by atoms with Crippen LogP contribution in [0.4, 0.5) is 11.6 Å². The van der Waals surface area contributed by atoms with Crippen molar-refractivity contribution in [2.45, 2.75) is 64.4 Å². The lowest BCUT2D eigenvalue weighted by atomic mass is 9.96. The van der Waals surface area contributed by atoms with Gasteiger partial charge in [0.15, 0.2) is 0 Å². The Morgan fingerprint density at radius 3 is 2.62 bits per heavy atom. The molecular formula is C16H28N4O. The van der Waals surface area contributed by atoms with Crippen LogP contribution in [-0.2, 0) is 10.2 Å². The van der Waals surface area contributed by atoms with Crippen molar-refractivity contribution < 1.29 is 4.74 Å². The molecule has 1 heterocycles. The van der Waals surface area contributed by atoms with Gasteiger partial charge in [-0.15, -0.1) is 0 Å². The molecule has 3 N–H and O–H groups in total. The van der Waals surface area contributed by atoms with Gasteiger partial charge in [0.2, 0.25) is 0 Å². The normalized spacial score (nSPS) is 16.9. The summed E-state index contributed by atoms with van der Waals surface area (Å²) in [5.74, 6) is 2.04. The zero-order chi connectivity index (χ0) is 15.3. The highest BCUT2D eigenvalue weighted by atomic mass is 16.5. The van der Waals surface area contributed by atoms with Crippen LogP contribution in [0.15, 0.2) is 6.07 Å². The Balaban J connectivity index is 1.81. The number of nitrogens with two attached hydrogens (primary N) is 1. The highest BCUT2D eigenvalue weighted by Gasteiger charge is 2.18. The monoisotopic (exact) mass is 292 g/mol. The Hall–Kier alpha value is -1.36. The summed E-state index contributed by atoms with van der Waals surface area (Å²) in [6.45, 7) is 7.70. The van der Waals surface area contributed by atoms with E-state index in [0.29, 0.717) is 18.5 Å². The lowest BCUT2D eigenvalue weighted by molar-refractivity contribution is 0.0347. The molecule has 0 radical (unpaired) electrons. The van der Waals surface area contributed by atoms with Crippen molar-refractivity contribution in [3.63, 3.8) is 0 Å². The van der Waals surface area contributed by atoms with Crippen LogP contribution in [0.5, 0.6) is 0 Å². The van der Waals surface area contributed by atoms with Gasteiger partial charge in [0.1, 0.15) is 17.5 Å². The van der Waals surface area contributed by atoms with Crippen LogP contribution in [0.3, 0.4) is 0 Å². The van der Waals surface area contributed by atoms with Crippen molar-refractivity contribution in [3.8, 4) is 0 Å². The van der Waals surface area contributed by atoms with Crippen molar-refractivity contribution in [1.29, 1.82) is 0 Å². The zero-order valence-corrected chi connectivity index (χ0v) is 13.5. The molecule has 0 saturated heterocycles. The maximum atomic E-state index is 5.90. The molecule has 0 aliphatic heterocycles. The number of hydrogen-bond acceptors (Lipinski definition) is 5. The Bertz CT molecular complexity index is 450. The van der Waals surface area contributed by atoms with E-state index in [9.17, 15) is 0 Å². The third-order valence-corrected chi connectivity index (χ3v) is 3.73. The summed E-state index contributed by atoms with van der Waals surface area (Å²) >= 11 is 0. The SMILES string of the molecule is CC(C)(C)c1nc(N)cc(NCCOC2CCCCC2)n1. The van der Waals surface area contributed by atoms with Crippen molar-refractivity contribution in [3.05, 3.63) is 11.9 Å². The van der Waals surface area contributed by atoms with Crippen molar-refractivity contribution in [2.75, 3.05) is 24.2 Å². The standard InChI is InChI=1S/C16H28N4O/c1-16(2,3)15-19-13(17)11-14(20-15)18-9-10-21-12-7-5-4-6-8-12/h11-12H,4-10H2,1-3H3,(H3,17,18,19,20). The molecule has 118 valence electrons. The van der Waals surface area contributed by atoms with Gasteiger partial charge in [-0.05, 0) is 12.8 Å². The number of nitrogens with one attached hydrogen (secondary N) is 1. The summed E-state index contributed by atoms with van der Waals surface area (Å²) < 4.78 is 5.90. The van der Waals surface area contributed by atoms with Crippen LogP contribution >= 0.6 is 0 Å². The molecule has 2 rings (SSSR count). The highest BCUT2D eigenvalue weighted by Crippen LogP contribution is 2.22.